The number of para-hydroxylation sites is 1. The van der Waals surface area contributed by atoms with E-state index in [4.69, 9.17) is 9.47 Å². The maximum absolute atomic E-state index is 12.5. The van der Waals surface area contributed by atoms with Crippen molar-refractivity contribution in [1.82, 2.24) is 0 Å². The van der Waals surface area contributed by atoms with Gasteiger partial charge in [0.25, 0.3) is 5.91 Å². The van der Waals surface area contributed by atoms with E-state index in [9.17, 15) is 9.59 Å². The summed E-state index contributed by atoms with van der Waals surface area (Å²) in [5.41, 5.74) is 1.97. The molecule has 120 valence electrons. The van der Waals surface area contributed by atoms with Crippen molar-refractivity contribution < 1.29 is 19.1 Å². The fourth-order valence-electron chi connectivity index (χ4n) is 2.08. The number of benzene rings is 2. The van der Waals surface area contributed by atoms with Crippen LogP contribution in [0.2, 0.25) is 0 Å². The van der Waals surface area contributed by atoms with Crippen molar-refractivity contribution in [2.24, 2.45) is 0 Å². The Bertz CT molecular complexity index is 730. The number of rotatable bonds is 5. The minimum atomic E-state index is -0.511. The van der Waals surface area contributed by atoms with Gasteiger partial charge >= 0.3 is 5.97 Å². The number of halogens is 1. The summed E-state index contributed by atoms with van der Waals surface area (Å²) in [6.45, 7) is 0. The molecular formula is C17H16BrNO4. The number of nitrogens with one attached hydrogen (secondary N) is 1. The van der Waals surface area contributed by atoms with Crippen LogP contribution in [0.25, 0.3) is 0 Å². The lowest BCUT2D eigenvalue weighted by atomic mass is 10.1. The number of hydrogen-bond acceptors (Lipinski definition) is 4. The summed E-state index contributed by atoms with van der Waals surface area (Å²) >= 11 is 3.34. The highest BCUT2D eigenvalue weighted by Gasteiger charge is 2.17. The highest BCUT2D eigenvalue weighted by atomic mass is 79.9. The lowest BCUT2D eigenvalue weighted by Gasteiger charge is -2.12. The number of methoxy groups -OCH3 is 2. The van der Waals surface area contributed by atoms with Crippen molar-refractivity contribution >= 4 is 33.5 Å². The molecule has 0 saturated carbocycles. The molecular weight excluding hydrogens is 362 g/mol. The molecule has 2 aromatic carbocycles. The minimum absolute atomic E-state index is 0.299. The second kappa shape index (κ2) is 7.78. The first kappa shape index (κ1) is 17.0. The molecule has 0 bridgehead atoms. The van der Waals surface area contributed by atoms with Gasteiger partial charge in [-0.3, -0.25) is 4.79 Å². The third kappa shape index (κ3) is 3.90. The molecule has 0 fully saturated rings. The number of carbonyl (C=O) groups excluding carboxylic acids is 2. The Morgan fingerprint density at radius 3 is 2.48 bits per heavy atom. The van der Waals surface area contributed by atoms with Gasteiger partial charge in [0.1, 0.15) is 5.75 Å². The van der Waals surface area contributed by atoms with Gasteiger partial charge in [-0.15, -0.1) is 0 Å². The standard InChI is InChI=1S/C17H16BrNO4/c1-22-15-6-4-3-5-12(15)16(20)19-14-8-7-11(10-18)9-13(14)17(21)23-2/h3-9H,10H2,1-2H3,(H,19,20). The first-order valence-electron chi connectivity index (χ1n) is 6.82. The van der Waals surface area contributed by atoms with Gasteiger partial charge in [-0.2, -0.15) is 0 Å². The Balaban J connectivity index is 2.35. The predicted octanol–water partition coefficient (Wildman–Crippen LogP) is 3.63. The molecule has 2 aromatic rings. The summed E-state index contributed by atoms with van der Waals surface area (Å²) in [4.78, 5) is 24.4. The van der Waals surface area contributed by atoms with E-state index in [1.807, 2.05) is 6.07 Å². The molecule has 0 saturated heterocycles. The van der Waals surface area contributed by atoms with Crippen LogP contribution in [0.3, 0.4) is 0 Å². The Hall–Kier alpha value is -2.34. The van der Waals surface area contributed by atoms with Crippen LogP contribution in [0, 0.1) is 0 Å². The Morgan fingerprint density at radius 2 is 1.83 bits per heavy atom. The molecule has 0 radical (unpaired) electrons. The molecule has 6 heteroatoms. The molecule has 0 spiro atoms. The average molecular weight is 378 g/mol. The molecule has 1 amide bonds. The third-order valence-electron chi connectivity index (χ3n) is 3.24. The average Bonchev–Trinajstić information content (AvgIpc) is 2.61. The Kier molecular flexibility index (Phi) is 5.76. The van der Waals surface area contributed by atoms with Crippen molar-refractivity contribution in [2.45, 2.75) is 5.33 Å². The van der Waals surface area contributed by atoms with Crippen LogP contribution in [0.15, 0.2) is 42.5 Å². The van der Waals surface area contributed by atoms with E-state index in [2.05, 4.69) is 21.2 Å². The van der Waals surface area contributed by atoms with Gasteiger partial charge in [-0.1, -0.05) is 34.1 Å². The lowest BCUT2D eigenvalue weighted by Crippen LogP contribution is -2.16. The maximum Gasteiger partial charge on any atom is 0.339 e. The highest BCUT2D eigenvalue weighted by Crippen LogP contribution is 2.23. The zero-order valence-corrected chi connectivity index (χ0v) is 14.3. The van der Waals surface area contributed by atoms with Crippen LogP contribution in [0.5, 0.6) is 5.75 Å². The van der Waals surface area contributed by atoms with Crippen LogP contribution >= 0.6 is 15.9 Å². The molecule has 0 aliphatic heterocycles. The number of esters is 1. The monoisotopic (exact) mass is 377 g/mol. The zero-order valence-electron chi connectivity index (χ0n) is 12.8. The van der Waals surface area contributed by atoms with Crippen LogP contribution in [-0.4, -0.2) is 26.1 Å². The summed E-state index contributed by atoms with van der Waals surface area (Å²) in [5.74, 6) is -0.413. The van der Waals surface area contributed by atoms with E-state index in [0.717, 1.165) is 5.56 Å². The van der Waals surface area contributed by atoms with Gasteiger partial charge in [0.05, 0.1) is 31.0 Å². The second-order valence-electron chi connectivity index (χ2n) is 4.66. The van der Waals surface area contributed by atoms with Crippen LogP contribution in [0.4, 0.5) is 5.69 Å². The third-order valence-corrected chi connectivity index (χ3v) is 3.89. The van der Waals surface area contributed by atoms with Gasteiger partial charge in [0.15, 0.2) is 0 Å². The summed E-state index contributed by atoms with van der Waals surface area (Å²) in [7, 11) is 2.80. The topological polar surface area (TPSA) is 64.6 Å². The first-order valence-corrected chi connectivity index (χ1v) is 7.94. The van der Waals surface area contributed by atoms with E-state index in [1.165, 1.54) is 14.2 Å². The molecule has 23 heavy (non-hydrogen) atoms. The summed E-state index contributed by atoms with van der Waals surface area (Å²) in [6, 6.07) is 12.0. The van der Waals surface area contributed by atoms with Gasteiger partial charge in [-0.05, 0) is 29.8 Å². The van der Waals surface area contributed by atoms with Gasteiger partial charge in [-0.25, -0.2) is 4.79 Å². The molecule has 0 aliphatic rings. The molecule has 1 N–H and O–H groups in total. The van der Waals surface area contributed by atoms with E-state index in [-0.39, 0.29) is 5.91 Å². The summed E-state index contributed by atoms with van der Waals surface area (Å²) in [6.07, 6.45) is 0. The first-order chi connectivity index (χ1) is 11.1. The summed E-state index contributed by atoms with van der Waals surface area (Å²) in [5, 5.41) is 3.33. The number of ether oxygens (including phenoxy) is 2. The van der Waals surface area contributed by atoms with Crippen molar-refractivity contribution in [1.29, 1.82) is 0 Å². The van der Waals surface area contributed by atoms with Crippen LogP contribution < -0.4 is 10.1 Å². The Morgan fingerprint density at radius 1 is 1.09 bits per heavy atom. The highest BCUT2D eigenvalue weighted by molar-refractivity contribution is 9.08. The molecule has 0 aromatic heterocycles. The number of amides is 1. The van der Waals surface area contributed by atoms with Crippen LogP contribution in [0.1, 0.15) is 26.3 Å². The smallest absolute Gasteiger partial charge is 0.339 e. The molecule has 0 atom stereocenters. The lowest BCUT2D eigenvalue weighted by molar-refractivity contribution is 0.0602. The van der Waals surface area contributed by atoms with Crippen molar-refractivity contribution in [3.63, 3.8) is 0 Å². The number of alkyl halides is 1. The number of anilines is 1. The van der Waals surface area contributed by atoms with E-state index < -0.39 is 5.97 Å². The normalized spacial score (nSPS) is 10.0. The van der Waals surface area contributed by atoms with Crippen molar-refractivity contribution in [2.75, 3.05) is 19.5 Å². The van der Waals surface area contributed by atoms with Gasteiger partial charge in [0.2, 0.25) is 0 Å². The molecule has 2 rings (SSSR count). The second-order valence-corrected chi connectivity index (χ2v) is 5.22. The fraction of sp³-hybridized carbons (Fsp3) is 0.176. The van der Waals surface area contributed by atoms with E-state index >= 15 is 0 Å². The molecule has 5 nitrogen and oxygen atoms in total. The quantitative estimate of drug-likeness (QED) is 0.638. The van der Waals surface area contributed by atoms with Crippen LogP contribution in [-0.2, 0) is 10.1 Å². The minimum Gasteiger partial charge on any atom is -0.496 e. The summed E-state index contributed by atoms with van der Waals surface area (Å²) < 4.78 is 9.96. The molecule has 0 aliphatic carbocycles. The largest absolute Gasteiger partial charge is 0.496 e. The van der Waals surface area contributed by atoms with E-state index in [0.29, 0.717) is 27.9 Å². The van der Waals surface area contributed by atoms with Gasteiger partial charge in [0, 0.05) is 5.33 Å². The molecule has 0 unspecified atom stereocenters. The Labute approximate surface area is 142 Å². The van der Waals surface area contributed by atoms with Gasteiger partial charge < -0.3 is 14.8 Å². The van der Waals surface area contributed by atoms with Crippen molar-refractivity contribution in [3.8, 4) is 5.75 Å². The molecule has 0 heterocycles. The number of hydrogen-bond donors (Lipinski definition) is 1. The number of carbonyl (C=O) groups is 2. The zero-order chi connectivity index (χ0) is 16.8. The SMILES string of the molecule is COC(=O)c1cc(CBr)ccc1NC(=O)c1ccccc1OC. The van der Waals surface area contributed by atoms with E-state index in [1.54, 1.807) is 36.4 Å². The predicted molar refractivity (Wildman–Crippen MR) is 91.4 cm³/mol. The fourth-order valence-corrected chi connectivity index (χ4v) is 2.43. The maximum atomic E-state index is 12.5. The van der Waals surface area contributed by atoms with Crippen molar-refractivity contribution in [3.05, 3.63) is 59.2 Å².